The lowest BCUT2D eigenvalue weighted by Gasteiger charge is -2.22. The van der Waals surface area contributed by atoms with Crippen molar-refractivity contribution in [2.45, 2.75) is 71.4 Å². The van der Waals surface area contributed by atoms with Crippen LogP contribution in [0, 0.1) is 5.92 Å². The van der Waals surface area contributed by atoms with Gasteiger partial charge >= 0.3 is 24.2 Å². The Hall–Kier alpha value is -3.34. The molecule has 2 rings (SSSR count). The Morgan fingerprint density at radius 1 is 0.917 bits per heavy atom. The summed E-state index contributed by atoms with van der Waals surface area (Å²) in [6.07, 6.45) is 2.27. The van der Waals surface area contributed by atoms with Gasteiger partial charge in [-0.05, 0) is 57.7 Å². The third-order valence-corrected chi connectivity index (χ3v) is 5.39. The van der Waals surface area contributed by atoms with Crippen molar-refractivity contribution >= 4 is 24.2 Å². The van der Waals surface area contributed by atoms with E-state index in [0.717, 1.165) is 32.1 Å². The van der Waals surface area contributed by atoms with Crippen LogP contribution in [0.1, 0.15) is 58.4 Å². The molecule has 0 aromatic heterocycles. The highest BCUT2D eigenvalue weighted by Gasteiger charge is 2.25. The monoisotopic (exact) mass is 509 g/mol. The summed E-state index contributed by atoms with van der Waals surface area (Å²) >= 11 is 0. The molecular formula is C25H35NO10. The highest BCUT2D eigenvalue weighted by molar-refractivity contribution is 5.76. The minimum atomic E-state index is -1.04. The maximum atomic E-state index is 12.4. The van der Waals surface area contributed by atoms with Crippen LogP contribution < -0.4 is 15.2 Å². The second kappa shape index (κ2) is 14.9. The SMILES string of the molecule is CCOC(=O)Oc1ccc(C[C@H](N)C(=O)OC[C@H](C)OC(=O)C2CCCCC2)cc1OC(=O)OCC. The fraction of sp³-hybridized carbons (Fsp3) is 0.600. The van der Waals surface area contributed by atoms with Gasteiger partial charge in [0.15, 0.2) is 11.5 Å². The number of carbonyl (C=O) groups is 4. The Bertz CT molecular complexity index is 897. The molecule has 2 N–H and O–H groups in total. The summed E-state index contributed by atoms with van der Waals surface area (Å²) in [5.41, 5.74) is 6.50. The summed E-state index contributed by atoms with van der Waals surface area (Å²) in [5, 5.41) is 0. The lowest BCUT2D eigenvalue weighted by atomic mass is 9.89. The first-order valence-electron chi connectivity index (χ1n) is 12.2. The minimum absolute atomic E-state index is 0.0357. The van der Waals surface area contributed by atoms with Crippen LogP contribution in [-0.4, -0.2) is 56.2 Å². The van der Waals surface area contributed by atoms with Gasteiger partial charge in [-0.3, -0.25) is 9.59 Å². The predicted molar refractivity (Wildman–Crippen MR) is 127 cm³/mol. The van der Waals surface area contributed by atoms with Crippen molar-refractivity contribution in [3.8, 4) is 11.5 Å². The zero-order chi connectivity index (χ0) is 26.5. The minimum Gasteiger partial charge on any atom is -0.461 e. The van der Waals surface area contributed by atoms with E-state index in [9.17, 15) is 19.2 Å². The molecule has 36 heavy (non-hydrogen) atoms. The van der Waals surface area contributed by atoms with Crippen LogP contribution in [-0.2, 0) is 35.0 Å². The summed E-state index contributed by atoms with van der Waals surface area (Å²) in [6, 6.07) is 3.28. The third-order valence-electron chi connectivity index (χ3n) is 5.39. The topological polar surface area (TPSA) is 150 Å². The van der Waals surface area contributed by atoms with E-state index in [1.165, 1.54) is 12.1 Å². The predicted octanol–water partition coefficient (Wildman–Crippen LogP) is 3.68. The maximum Gasteiger partial charge on any atom is 0.513 e. The van der Waals surface area contributed by atoms with Gasteiger partial charge in [-0.1, -0.05) is 25.3 Å². The number of hydrogen-bond donors (Lipinski definition) is 1. The Morgan fingerprint density at radius 3 is 2.14 bits per heavy atom. The number of esters is 2. The first kappa shape index (κ1) is 28.9. The Balaban J connectivity index is 1.93. The van der Waals surface area contributed by atoms with Crippen molar-refractivity contribution in [3.05, 3.63) is 23.8 Å². The number of hydrogen-bond acceptors (Lipinski definition) is 11. The first-order chi connectivity index (χ1) is 17.2. The molecule has 1 fully saturated rings. The third kappa shape index (κ3) is 9.73. The molecule has 0 aliphatic heterocycles. The second-order valence-corrected chi connectivity index (χ2v) is 8.37. The van der Waals surface area contributed by atoms with Crippen LogP contribution in [0.25, 0.3) is 0 Å². The molecule has 0 amide bonds. The Labute approximate surface area is 210 Å². The van der Waals surface area contributed by atoms with Crippen molar-refractivity contribution in [3.63, 3.8) is 0 Å². The molecule has 0 bridgehead atoms. The fourth-order valence-electron chi connectivity index (χ4n) is 3.63. The number of rotatable bonds is 11. The normalized spacial score (nSPS) is 15.2. The molecule has 0 saturated heterocycles. The van der Waals surface area contributed by atoms with Crippen LogP contribution >= 0.6 is 0 Å². The molecule has 0 spiro atoms. The number of ether oxygens (including phenoxy) is 6. The maximum absolute atomic E-state index is 12.4. The molecule has 2 atom stereocenters. The van der Waals surface area contributed by atoms with Gasteiger partial charge in [0, 0.05) is 0 Å². The van der Waals surface area contributed by atoms with Crippen molar-refractivity contribution in [1.29, 1.82) is 0 Å². The average molecular weight is 510 g/mol. The van der Waals surface area contributed by atoms with E-state index in [1.54, 1.807) is 26.8 Å². The molecule has 1 aromatic rings. The van der Waals surface area contributed by atoms with Gasteiger partial charge in [0.1, 0.15) is 18.8 Å². The number of benzene rings is 1. The van der Waals surface area contributed by atoms with Gasteiger partial charge in [0.05, 0.1) is 19.1 Å². The molecule has 1 aliphatic rings. The quantitative estimate of drug-likeness (QED) is 0.264. The van der Waals surface area contributed by atoms with E-state index in [1.807, 2.05) is 0 Å². The summed E-state index contributed by atoms with van der Waals surface area (Å²) in [5.74, 6) is -1.23. The largest absolute Gasteiger partial charge is 0.513 e. The van der Waals surface area contributed by atoms with E-state index in [4.69, 9.17) is 34.2 Å². The zero-order valence-corrected chi connectivity index (χ0v) is 21.0. The second-order valence-electron chi connectivity index (χ2n) is 8.37. The summed E-state index contributed by atoms with van der Waals surface area (Å²) in [7, 11) is 0. The molecule has 0 radical (unpaired) electrons. The lowest BCUT2D eigenvalue weighted by molar-refractivity contribution is -0.162. The van der Waals surface area contributed by atoms with Crippen LogP contribution in [0.3, 0.4) is 0 Å². The van der Waals surface area contributed by atoms with Crippen LogP contribution in [0.15, 0.2) is 18.2 Å². The van der Waals surface area contributed by atoms with Gasteiger partial charge in [0.2, 0.25) is 0 Å². The zero-order valence-electron chi connectivity index (χ0n) is 21.0. The van der Waals surface area contributed by atoms with Crippen LogP contribution in [0.4, 0.5) is 9.59 Å². The molecule has 11 nitrogen and oxygen atoms in total. The fourth-order valence-corrected chi connectivity index (χ4v) is 3.63. The highest BCUT2D eigenvalue weighted by Crippen LogP contribution is 2.30. The molecule has 0 heterocycles. The van der Waals surface area contributed by atoms with Crippen LogP contribution in [0.5, 0.6) is 11.5 Å². The average Bonchev–Trinajstić information content (AvgIpc) is 2.84. The summed E-state index contributed by atoms with van der Waals surface area (Å²) < 4.78 is 30.3. The van der Waals surface area contributed by atoms with Gasteiger partial charge in [-0.15, -0.1) is 0 Å². The highest BCUT2D eigenvalue weighted by atomic mass is 16.7. The smallest absolute Gasteiger partial charge is 0.461 e. The van der Waals surface area contributed by atoms with Gasteiger partial charge in [0.25, 0.3) is 0 Å². The Kier molecular flexibility index (Phi) is 12.0. The van der Waals surface area contributed by atoms with E-state index >= 15 is 0 Å². The molecule has 1 aliphatic carbocycles. The molecule has 1 saturated carbocycles. The standard InChI is InChI=1S/C25H35NO10/c1-4-31-24(29)35-20-12-11-17(14-21(20)36-25(30)32-5-2)13-19(26)23(28)33-15-16(3)34-22(27)18-9-7-6-8-10-18/h11-12,14,16,18-19H,4-10,13,15,26H2,1-3H3/t16-,19-/m0/s1. The van der Waals surface area contributed by atoms with E-state index in [-0.39, 0.29) is 49.6 Å². The Morgan fingerprint density at radius 2 is 1.53 bits per heavy atom. The lowest BCUT2D eigenvalue weighted by Crippen LogP contribution is -2.36. The molecular weight excluding hydrogens is 474 g/mol. The number of nitrogens with two attached hydrogens (primary N) is 1. The van der Waals surface area contributed by atoms with Gasteiger partial charge < -0.3 is 34.2 Å². The first-order valence-corrected chi connectivity index (χ1v) is 12.2. The van der Waals surface area contributed by atoms with Gasteiger partial charge in [-0.25, -0.2) is 9.59 Å². The summed E-state index contributed by atoms with van der Waals surface area (Å²) in [6.45, 7) is 4.94. The van der Waals surface area contributed by atoms with Crippen molar-refractivity contribution in [2.24, 2.45) is 11.7 Å². The van der Waals surface area contributed by atoms with E-state index in [2.05, 4.69) is 0 Å². The van der Waals surface area contributed by atoms with Crippen molar-refractivity contribution in [1.82, 2.24) is 0 Å². The summed E-state index contributed by atoms with van der Waals surface area (Å²) in [4.78, 5) is 48.1. The molecule has 0 unspecified atom stereocenters. The van der Waals surface area contributed by atoms with E-state index < -0.39 is 30.4 Å². The molecule has 200 valence electrons. The molecule has 1 aromatic carbocycles. The van der Waals surface area contributed by atoms with E-state index in [0.29, 0.717) is 5.56 Å². The van der Waals surface area contributed by atoms with Crippen molar-refractivity contribution in [2.75, 3.05) is 19.8 Å². The molecule has 11 heteroatoms. The van der Waals surface area contributed by atoms with Crippen molar-refractivity contribution < 1.29 is 47.6 Å². The number of carbonyl (C=O) groups excluding carboxylic acids is 4. The van der Waals surface area contributed by atoms with Crippen LogP contribution in [0.2, 0.25) is 0 Å². The van der Waals surface area contributed by atoms with Gasteiger partial charge in [-0.2, -0.15) is 0 Å².